The molecule has 0 heterocycles. The van der Waals surface area contributed by atoms with Crippen LogP contribution in [0.15, 0.2) is 53.5 Å². The number of anilines is 1. The molecule has 0 aliphatic heterocycles. The average molecular weight is 540 g/mol. The average Bonchev–Trinajstić information content (AvgIpc) is 2.67. The zero-order valence-corrected chi connectivity index (χ0v) is 18.3. The van der Waals surface area contributed by atoms with Crippen molar-refractivity contribution in [3.05, 3.63) is 59.9 Å². The topological polar surface area (TPSA) is 74.8 Å². The van der Waals surface area contributed by atoms with Crippen LogP contribution >= 0.6 is 24.0 Å². The summed E-state index contributed by atoms with van der Waals surface area (Å²) in [6, 6.07) is 11.6. The summed E-state index contributed by atoms with van der Waals surface area (Å²) in [7, 11) is 1.52. The molecule has 0 atom stereocenters. The van der Waals surface area contributed by atoms with Gasteiger partial charge >= 0.3 is 6.18 Å². The molecule has 0 radical (unpaired) electrons. The van der Waals surface area contributed by atoms with Crippen LogP contribution in [0, 0.1) is 5.82 Å². The molecule has 2 aromatic carbocycles. The molecule has 3 N–H and O–H groups in total. The number of hydrogen-bond donors (Lipinski definition) is 3. The standard InChI is InChI=1S/C19H20F4N4O2.HI/c1-24-18(26-11-17(28)27-15-4-2-3-14(20)9-15)25-10-13-5-7-16(8-6-13)29-12-19(21,22)23;/h2-9H,10-12H2,1H3,(H,27,28)(H2,24,25,26);1H. The minimum atomic E-state index is -4.39. The molecule has 0 unspecified atom stereocenters. The fourth-order valence-corrected chi connectivity index (χ4v) is 2.21. The predicted molar refractivity (Wildman–Crippen MR) is 117 cm³/mol. The van der Waals surface area contributed by atoms with E-state index >= 15 is 0 Å². The second-order valence-corrected chi connectivity index (χ2v) is 5.89. The highest BCUT2D eigenvalue weighted by Crippen LogP contribution is 2.18. The summed E-state index contributed by atoms with van der Waals surface area (Å²) >= 11 is 0. The lowest BCUT2D eigenvalue weighted by molar-refractivity contribution is -0.153. The summed E-state index contributed by atoms with van der Waals surface area (Å²) in [4.78, 5) is 15.9. The summed E-state index contributed by atoms with van der Waals surface area (Å²) in [5, 5.41) is 8.32. The van der Waals surface area contributed by atoms with Crippen LogP contribution in [0.1, 0.15) is 5.56 Å². The normalized spacial score (nSPS) is 11.3. The number of ether oxygens (including phenoxy) is 1. The number of amides is 1. The predicted octanol–water partition coefficient (Wildman–Crippen LogP) is 3.69. The van der Waals surface area contributed by atoms with Gasteiger partial charge in [-0.05, 0) is 35.9 Å². The van der Waals surface area contributed by atoms with Gasteiger partial charge in [0.25, 0.3) is 0 Å². The van der Waals surface area contributed by atoms with Crippen molar-refractivity contribution in [1.29, 1.82) is 0 Å². The smallest absolute Gasteiger partial charge is 0.422 e. The fraction of sp³-hybridized carbons (Fsp3) is 0.263. The first-order chi connectivity index (χ1) is 13.7. The largest absolute Gasteiger partial charge is 0.484 e. The molecule has 0 spiro atoms. The van der Waals surface area contributed by atoms with Gasteiger partial charge in [0.05, 0.1) is 6.54 Å². The monoisotopic (exact) mass is 540 g/mol. The van der Waals surface area contributed by atoms with Gasteiger partial charge in [0.15, 0.2) is 12.6 Å². The van der Waals surface area contributed by atoms with Gasteiger partial charge in [-0.25, -0.2) is 4.39 Å². The second kappa shape index (κ2) is 12.2. The molecule has 2 aromatic rings. The van der Waals surface area contributed by atoms with Crippen molar-refractivity contribution in [2.75, 3.05) is 25.5 Å². The molecular weight excluding hydrogens is 519 g/mol. The molecule has 0 aliphatic rings. The molecule has 2 rings (SSSR count). The highest BCUT2D eigenvalue weighted by Gasteiger charge is 2.28. The summed E-state index contributed by atoms with van der Waals surface area (Å²) < 4.78 is 54.2. The highest BCUT2D eigenvalue weighted by molar-refractivity contribution is 14.0. The molecular formula is C19H21F4IN4O2. The van der Waals surface area contributed by atoms with Crippen molar-refractivity contribution < 1.29 is 27.1 Å². The maximum Gasteiger partial charge on any atom is 0.422 e. The molecule has 0 aromatic heterocycles. The molecule has 0 saturated carbocycles. The number of halogens is 5. The maximum absolute atomic E-state index is 13.1. The van der Waals surface area contributed by atoms with Crippen molar-refractivity contribution in [3.63, 3.8) is 0 Å². The first-order valence-corrected chi connectivity index (χ1v) is 8.53. The van der Waals surface area contributed by atoms with E-state index in [9.17, 15) is 22.4 Å². The Labute approximate surface area is 188 Å². The molecule has 0 fully saturated rings. The van der Waals surface area contributed by atoms with E-state index in [0.29, 0.717) is 18.2 Å². The van der Waals surface area contributed by atoms with Crippen LogP contribution in [-0.4, -0.2) is 38.2 Å². The molecule has 0 aliphatic carbocycles. The van der Waals surface area contributed by atoms with Gasteiger partial charge < -0.3 is 20.7 Å². The molecule has 6 nitrogen and oxygen atoms in total. The second-order valence-electron chi connectivity index (χ2n) is 5.89. The number of benzene rings is 2. The summed E-state index contributed by atoms with van der Waals surface area (Å²) in [6.45, 7) is -1.12. The van der Waals surface area contributed by atoms with E-state index in [2.05, 4.69) is 25.7 Å². The molecule has 30 heavy (non-hydrogen) atoms. The fourth-order valence-electron chi connectivity index (χ4n) is 2.21. The van der Waals surface area contributed by atoms with Crippen molar-refractivity contribution in [1.82, 2.24) is 10.6 Å². The Bertz CT molecular complexity index is 845. The zero-order valence-electron chi connectivity index (χ0n) is 15.9. The van der Waals surface area contributed by atoms with Gasteiger partial charge in [0.2, 0.25) is 5.91 Å². The van der Waals surface area contributed by atoms with Crippen LogP contribution in [-0.2, 0) is 11.3 Å². The highest BCUT2D eigenvalue weighted by atomic mass is 127. The van der Waals surface area contributed by atoms with Crippen LogP contribution in [0.3, 0.4) is 0 Å². The number of guanidine groups is 1. The van der Waals surface area contributed by atoms with E-state index < -0.39 is 18.6 Å². The molecule has 0 saturated heterocycles. The van der Waals surface area contributed by atoms with Crippen molar-refractivity contribution in [2.45, 2.75) is 12.7 Å². The Morgan fingerprint density at radius 1 is 1.10 bits per heavy atom. The van der Waals surface area contributed by atoms with Crippen LogP contribution in [0.5, 0.6) is 5.75 Å². The molecule has 164 valence electrons. The van der Waals surface area contributed by atoms with Gasteiger partial charge in [-0.2, -0.15) is 13.2 Å². The number of carbonyl (C=O) groups is 1. The first kappa shape index (κ1) is 25.5. The van der Waals surface area contributed by atoms with Crippen molar-refractivity contribution in [2.24, 2.45) is 4.99 Å². The number of rotatable bonds is 7. The maximum atomic E-state index is 13.1. The van der Waals surface area contributed by atoms with Gasteiger partial charge in [0, 0.05) is 19.3 Å². The van der Waals surface area contributed by atoms with E-state index in [-0.39, 0.29) is 42.2 Å². The summed E-state index contributed by atoms with van der Waals surface area (Å²) in [5.41, 5.74) is 1.11. The van der Waals surface area contributed by atoms with Crippen molar-refractivity contribution in [3.8, 4) is 5.75 Å². The van der Waals surface area contributed by atoms with E-state index in [1.165, 1.54) is 37.4 Å². The quantitative estimate of drug-likeness (QED) is 0.217. The van der Waals surface area contributed by atoms with Crippen LogP contribution in [0.2, 0.25) is 0 Å². The molecule has 1 amide bonds. The third kappa shape index (κ3) is 9.76. The minimum Gasteiger partial charge on any atom is -0.484 e. The number of alkyl halides is 3. The Hall–Kier alpha value is -2.57. The van der Waals surface area contributed by atoms with Crippen molar-refractivity contribution >= 4 is 41.5 Å². The van der Waals surface area contributed by atoms with Crippen LogP contribution in [0.4, 0.5) is 23.2 Å². The number of nitrogens with zero attached hydrogens (tertiary/aromatic N) is 1. The van der Waals surface area contributed by atoms with E-state index in [4.69, 9.17) is 0 Å². The van der Waals surface area contributed by atoms with Crippen LogP contribution in [0.25, 0.3) is 0 Å². The molecule has 11 heteroatoms. The van der Waals surface area contributed by atoms with Gasteiger partial charge in [-0.1, -0.05) is 18.2 Å². The minimum absolute atomic E-state index is 0. The summed E-state index contributed by atoms with van der Waals surface area (Å²) in [6.07, 6.45) is -4.39. The number of carbonyl (C=O) groups excluding carboxylic acids is 1. The lowest BCUT2D eigenvalue weighted by atomic mass is 10.2. The van der Waals surface area contributed by atoms with Crippen LogP contribution < -0.4 is 20.7 Å². The number of aliphatic imine (C=N–C) groups is 1. The molecule has 0 bridgehead atoms. The SMILES string of the molecule is CN=C(NCC(=O)Nc1cccc(F)c1)NCc1ccc(OCC(F)(F)F)cc1.I. The van der Waals surface area contributed by atoms with Gasteiger partial charge in [0.1, 0.15) is 11.6 Å². The Balaban J connectivity index is 0.00000450. The first-order valence-electron chi connectivity index (χ1n) is 8.53. The number of nitrogens with one attached hydrogen (secondary N) is 3. The Morgan fingerprint density at radius 2 is 1.80 bits per heavy atom. The van der Waals surface area contributed by atoms with E-state index in [1.807, 2.05) is 0 Å². The third-order valence-corrected chi connectivity index (χ3v) is 3.53. The lowest BCUT2D eigenvalue weighted by Crippen LogP contribution is -2.41. The number of hydrogen-bond acceptors (Lipinski definition) is 3. The van der Waals surface area contributed by atoms with Gasteiger partial charge in [-0.3, -0.25) is 9.79 Å². The Morgan fingerprint density at radius 3 is 2.40 bits per heavy atom. The lowest BCUT2D eigenvalue weighted by Gasteiger charge is -2.13. The van der Waals surface area contributed by atoms with E-state index in [0.717, 1.165) is 5.56 Å². The third-order valence-electron chi connectivity index (χ3n) is 3.53. The van der Waals surface area contributed by atoms with Gasteiger partial charge in [-0.15, -0.1) is 24.0 Å². The summed E-state index contributed by atoms with van der Waals surface area (Å²) in [5.74, 6) is -0.382. The Kier molecular flexibility index (Phi) is 10.4. The zero-order chi connectivity index (χ0) is 21.3. The van der Waals surface area contributed by atoms with E-state index in [1.54, 1.807) is 18.2 Å².